The van der Waals surface area contributed by atoms with Crippen molar-refractivity contribution < 1.29 is 22.7 Å². The van der Waals surface area contributed by atoms with E-state index >= 15 is 0 Å². The third kappa shape index (κ3) is 7.74. The lowest BCUT2D eigenvalue weighted by Crippen LogP contribution is -2.43. The molecule has 0 saturated heterocycles. The number of alkyl halides is 3. The van der Waals surface area contributed by atoms with Crippen LogP contribution < -0.4 is 14.9 Å². The van der Waals surface area contributed by atoms with Gasteiger partial charge in [-0.2, -0.15) is 4.99 Å². The average Bonchev–Trinajstić information content (AvgIpc) is 3.64. The Bertz CT molecular complexity index is 1870. The number of para-hydroxylation sites is 1. The average molecular weight is 649 g/mol. The summed E-state index contributed by atoms with van der Waals surface area (Å²) in [6, 6.07) is 20.8. The van der Waals surface area contributed by atoms with Gasteiger partial charge in [0.1, 0.15) is 12.1 Å². The Balaban J connectivity index is 1.23. The van der Waals surface area contributed by atoms with E-state index in [2.05, 4.69) is 52.0 Å². The van der Waals surface area contributed by atoms with E-state index in [1.54, 1.807) is 0 Å². The van der Waals surface area contributed by atoms with Crippen LogP contribution >= 0.6 is 11.3 Å². The van der Waals surface area contributed by atoms with Crippen LogP contribution in [-0.4, -0.2) is 37.8 Å². The number of carbonyl (C=O) groups excluding carboxylic acids is 1. The van der Waals surface area contributed by atoms with E-state index < -0.39 is 6.36 Å². The van der Waals surface area contributed by atoms with E-state index in [9.17, 15) is 18.0 Å². The van der Waals surface area contributed by atoms with Gasteiger partial charge in [-0.25, -0.2) is 14.5 Å². The van der Waals surface area contributed by atoms with Crippen LogP contribution in [0.4, 0.5) is 18.0 Å². The van der Waals surface area contributed by atoms with Gasteiger partial charge >= 0.3 is 12.4 Å². The fraction of sp³-hybridized carbons (Fsp3) is 0.294. The maximum Gasteiger partial charge on any atom is 0.573 e. The molecule has 240 valence electrons. The molecule has 2 aromatic heterocycles. The monoisotopic (exact) mass is 648 g/mol. The minimum absolute atomic E-state index is 0.175. The number of carbonyl (C=O) groups is 1. The van der Waals surface area contributed by atoms with Crippen molar-refractivity contribution in [3.63, 3.8) is 0 Å². The van der Waals surface area contributed by atoms with Gasteiger partial charge in [0.25, 0.3) is 0 Å². The lowest BCUT2D eigenvalue weighted by molar-refractivity contribution is -0.274. The number of rotatable bonds is 9. The first-order valence-corrected chi connectivity index (χ1v) is 15.7. The zero-order valence-electron chi connectivity index (χ0n) is 26.2. The minimum Gasteiger partial charge on any atom is -0.406 e. The second kappa shape index (κ2) is 13.3. The van der Waals surface area contributed by atoms with E-state index in [1.807, 2.05) is 66.3 Å². The van der Waals surface area contributed by atoms with Gasteiger partial charge in [0, 0.05) is 22.7 Å². The predicted molar refractivity (Wildman–Crippen MR) is 172 cm³/mol. The van der Waals surface area contributed by atoms with Gasteiger partial charge in [-0.15, -0.1) is 29.6 Å². The van der Waals surface area contributed by atoms with Crippen molar-refractivity contribution in [2.45, 2.75) is 59.9 Å². The number of halogens is 3. The number of nitrogens with one attached hydrogen (secondary N) is 1. The number of aromatic nitrogens is 4. The summed E-state index contributed by atoms with van der Waals surface area (Å²) in [6.07, 6.45) is -1.68. The highest BCUT2D eigenvalue weighted by molar-refractivity contribution is 7.07. The van der Waals surface area contributed by atoms with Crippen LogP contribution in [0, 0.1) is 12.3 Å². The van der Waals surface area contributed by atoms with Crippen molar-refractivity contribution in [3.8, 4) is 28.5 Å². The standard InChI is InChI=1S/C34H35F3N6O2S/c1-6-25-9-7-8-10-29(25)43-22(2)20-46-32(43)40-31(44)39-23(3)33(4,5)19-24-11-13-26(14-12-24)30-38-21-42(41-30)27-15-17-28(18-16-27)45-34(35,36)37/h7-18,20-21,23H,6,19H2,1-5H3,(H,39,44). The van der Waals surface area contributed by atoms with Gasteiger partial charge in [-0.05, 0) is 73.6 Å². The summed E-state index contributed by atoms with van der Waals surface area (Å²) < 4.78 is 44.8. The number of amides is 2. The second-order valence-electron chi connectivity index (χ2n) is 11.7. The smallest absolute Gasteiger partial charge is 0.406 e. The summed E-state index contributed by atoms with van der Waals surface area (Å²) in [7, 11) is 0. The van der Waals surface area contributed by atoms with Crippen LogP contribution in [-0.2, 0) is 12.8 Å². The molecule has 12 heteroatoms. The Morgan fingerprint density at radius 3 is 2.41 bits per heavy atom. The third-order valence-corrected chi connectivity index (χ3v) is 8.84. The van der Waals surface area contributed by atoms with Crippen molar-refractivity contribution in [1.82, 2.24) is 24.6 Å². The molecule has 0 saturated carbocycles. The zero-order valence-corrected chi connectivity index (χ0v) is 27.0. The fourth-order valence-electron chi connectivity index (χ4n) is 5.06. The van der Waals surface area contributed by atoms with Crippen molar-refractivity contribution >= 4 is 17.4 Å². The molecule has 0 fully saturated rings. The highest BCUT2D eigenvalue weighted by Gasteiger charge is 2.31. The van der Waals surface area contributed by atoms with Gasteiger partial charge in [0.05, 0.1) is 11.4 Å². The predicted octanol–water partition coefficient (Wildman–Crippen LogP) is 7.82. The van der Waals surface area contributed by atoms with E-state index in [0.29, 0.717) is 22.7 Å². The first-order valence-electron chi connectivity index (χ1n) is 14.8. The van der Waals surface area contributed by atoms with E-state index in [0.717, 1.165) is 28.9 Å². The maximum absolute atomic E-state index is 13.1. The van der Waals surface area contributed by atoms with Crippen LogP contribution in [0.2, 0.25) is 0 Å². The molecule has 2 heterocycles. The van der Waals surface area contributed by atoms with Gasteiger partial charge in [0.2, 0.25) is 0 Å². The number of ether oxygens (including phenoxy) is 1. The van der Waals surface area contributed by atoms with Gasteiger partial charge < -0.3 is 10.1 Å². The molecule has 0 aliphatic heterocycles. The Labute approximate surface area is 269 Å². The number of benzene rings is 3. The Hall–Kier alpha value is -4.71. The summed E-state index contributed by atoms with van der Waals surface area (Å²) in [6.45, 7) is 10.3. The third-order valence-electron chi connectivity index (χ3n) is 7.90. The zero-order chi connectivity index (χ0) is 33.1. The molecular weight excluding hydrogens is 613 g/mol. The van der Waals surface area contributed by atoms with Crippen molar-refractivity contribution in [1.29, 1.82) is 0 Å². The first-order chi connectivity index (χ1) is 21.8. The van der Waals surface area contributed by atoms with Crippen LogP contribution in [0.15, 0.2) is 89.5 Å². The van der Waals surface area contributed by atoms with Crippen molar-refractivity contribution in [3.05, 3.63) is 106 Å². The lowest BCUT2D eigenvalue weighted by Gasteiger charge is -2.32. The number of thiazole rings is 1. The van der Waals surface area contributed by atoms with Gasteiger partial charge in [-0.3, -0.25) is 4.57 Å². The number of aryl methyl sites for hydroxylation is 2. The summed E-state index contributed by atoms with van der Waals surface area (Å²) in [5.41, 5.74) is 5.36. The Kier molecular flexibility index (Phi) is 9.47. The minimum atomic E-state index is -4.75. The van der Waals surface area contributed by atoms with Crippen molar-refractivity contribution in [2.75, 3.05) is 0 Å². The number of hydrogen-bond donors (Lipinski definition) is 1. The molecular formula is C34H35F3N6O2S. The molecule has 0 aliphatic rings. The Morgan fingerprint density at radius 2 is 1.74 bits per heavy atom. The highest BCUT2D eigenvalue weighted by atomic mass is 32.1. The van der Waals surface area contributed by atoms with E-state index in [-0.39, 0.29) is 23.2 Å². The molecule has 2 amide bonds. The topological polar surface area (TPSA) is 86.3 Å². The molecule has 0 bridgehead atoms. The lowest BCUT2D eigenvalue weighted by atomic mass is 9.79. The quantitative estimate of drug-likeness (QED) is 0.177. The molecule has 1 N–H and O–H groups in total. The van der Waals surface area contributed by atoms with Gasteiger partial charge in [0.15, 0.2) is 10.6 Å². The maximum atomic E-state index is 13.1. The normalized spacial score (nSPS) is 13.1. The molecule has 3 aromatic carbocycles. The Morgan fingerprint density at radius 1 is 1.04 bits per heavy atom. The summed E-state index contributed by atoms with van der Waals surface area (Å²) >= 11 is 1.44. The molecule has 0 aliphatic carbocycles. The largest absolute Gasteiger partial charge is 0.573 e. The highest BCUT2D eigenvalue weighted by Crippen LogP contribution is 2.28. The van der Waals surface area contributed by atoms with Crippen LogP contribution in [0.1, 0.15) is 44.5 Å². The van der Waals surface area contributed by atoms with Crippen molar-refractivity contribution in [2.24, 2.45) is 10.4 Å². The summed E-state index contributed by atoms with van der Waals surface area (Å²) in [4.78, 5) is 22.5. The molecule has 8 nitrogen and oxygen atoms in total. The molecule has 0 radical (unpaired) electrons. The number of nitrogens with zero attached hydrogens (tertiary/aromatic N) is 5. The summed E-state index contributed by atoms with van der Waals surface area (Å²) in [5.74, 6) is 0.170. The molecule has 5 aromatic rings. The van der Waals surface area contributed by atoms with Gasteiger partial charge in [-0.1, -0.05) is 63.2 Å². The van der Waals surface area contributed by atoms with E-state index in [1.165, 1.54) is 52.2 Å². The molecule has 0 spiro atoms. The first kappa shape index (κ1) is 32.7. The number of hydrogen-bond acceptors (Lipinski definition) is 5. The molecule has 5 rings (SSSR count). The van der Waals surface area contributed by atoms with E-state index in [4.69, 9.17) is 0 Å². The molecule has 1 atom stereocenters. The summed E-state index contributed by atoms with van der Waals surface area (Å²) in [5, 5.41) is 9.56. The second-order valence-corrected chi connectivity index (χ2v) is 12.5. The van der Waals surface area contributed by atoms with Crippen LogP contribution in [0.3, 0.4) is 0 Å². The molecule has 46 heavy (non-hydrogen) atoms. The number of urea groups is 1. The fourth-order valence-corrected chi connectivity index (χ4v) is 5.93. The SMILES string of the molecule is CCc1ccccc1-n1c(C)csc1=NC(=O)NC(C)C(C)(C)Cc1ccc(-c2ncn(-c3ccc(OC(F)(F)F)cc3)n2)cc1. The van der Waals surface area contributed by atoms with Crippen LogP contribution in [0.25, 0.3) is 22.8 Å². The van der Waals surface area contributed by atoms with Crippen LogP contribution in [0.5, 0.6) is 5.75 Å². The molecule has 1 unspecified atom stereocenters.